The second-order valence-electron chi connectivity index (χ2n) is 3.93. The Morgan fingerprint density at radius 2 is 2.07 bits per heavy atom. The van der Waals surface area contributed by atoms with Crippen LogP contribution in [0.15, 0.2) is 29.2 Å². The molecule has 2 atom stereocenters. The Morgan fingerprint density at radius 3 is 2.67 bits per heavy atom. The molecule has 2 unspecified atom stereocenters. The van der Waals surface area contributed by atoms with Crippen molar-refractivity contribution in [3.8, 4) is 0 Å². The van der Waals surface area contributed by atoms with Crippen LogP contribution in [-0.4, -0.2) is 16.0 Å². The summed E-state index contributed by atoms with van der Waals surface area (Å²) < 4.78 is 11.9. The van der Waals surface area contributed by atoms with Crippen molar-refractivity contribution >= 4 is 10.8 Å². The number of rotatable bonds is 5. The van der Waals surface area contributed by atoms with E-state index in [0.29, 0.717) is 5.75 Å². The molecule has 0 aliphatic carbocycles. The molecule has 0 amide bonds. The van der Waals surface area contributed by atoms with Crippen LogP contribution in [-0.2, 0) is 10.8 Å². The summed E-state index contributed by atoms with van der Waals surface area (Å²) in [7, 11) is -0.867. The molecule has 2 N–H and O–H groups in total. The summed E-state index contributed by atoms with van der Waals surface area (Å²) in [5.41, 5.74) is 6.76. The number of benzene rings is 1. The lowest BCUT2D eigenvalue weighted by molar-refractivity contribution is 0.643. The topological polar surface area (TPSA) is 43.1 Å². The van der Waals surface area contributed by atoms with Crippen LogP contribution in [0, 0.1) is 6.92 Å². The van der Waals surface area contributed by atoms with E-state index in [9.17, 15) is 4.21 Å². The minimum absolute atomic E-state index is 0.207. The van der Waals surface area contributed by atoms with Crippen LogP contribution in [0.2, 0.25) is 0 Å². The van der Waals surface area contributed by atoms with Crippen molar-refractivity contribution in [1.29, 1.82) is 0 Å². The second kappa shape index (κ2) is 6.03. The van der Waals surface area contributed by atoms with E-state index >= 15 is 0 Å². The lowest BCUT2D eigenvalue weighted by Crippen LogP contribution is -2.15. The summed E-state index contributed by atoms with van der Waals surface area (Å²) in [5, 5.41) is 0. The molecule has 0 aliphatic heterocycles. The van der Waals surface area contributed by atoms with E-state index in [1.807, 2.05) is 38.1 Å². The summed E-state index contributed by atoms with van der Waals surface area (Å²) in [6, 6.07) is 8.05. The fourth-order valence-corrected chi connectivity index (χ4v) is 2.76. The molecule has 0 aromatic heterocycles. The van der Waals surface area contributed by atoms with Crippen LogP contribution in [0.4, 0.5) is 0 Å². The first kappa shape index (κ1) is 12.4. The molecule has 0 spiro atoms. The highest BCUT2D eigenvalue weighted by Gasteiger charge is 2.06. The molecule has 3 heteroatoms. The van der Waals surface area contributed by atoms with Gasteiger partial charge in [-0.05, 0) is 38.3 Å². The van der Waals surface area contributed by atoms with Gasteiger partial charge >= 0.3 is 0 Å². The molecule has 1 rings (SSSR count). The summed E-state index contributed by atoms with van der Waals surface area (Å²) >= 11 is 0. The van der Waals surface area contributed by atoms with Crippen molar-refractivity contribution in [3.05, 3.63) is 29.8 Å². The average molecular weight is 225 g/mol. The fraction of sp³-hybridized carbons (Fsp3) is 0.500. The SMILES string of the molecule is Cc1ccccc1S(=O)CCCC(C)N. The largest absolute Gasteiger partial charge is 0.328 e. The van der Waals surface area contributed by atoms with Gasteiger partial charge < -0.3 is 5.73 Å². The maximum atomic E-state index is 11.9. The lowest BCUT2D eigenvalue weighted by Gasteiger charge is -2.06. The Hall–Kier alpha value is -0.670. The molecule has 0 radical (unpaired) electrons. The molecule has 1 aromatic carbocycles. The van der Waals surface area contributed by atoms with Crippen molar-refractivity contribution in [2.24, 2.45) is 5.73 Å². The van der Waals surface area contributed by atoms with Gasteiger partial charge in [-0.1, -0.05) is 18.2 Å². The predicted octanol–water partition coefficient (Wildman–Crippen LogP) is 2.23. The van der Waals surface area contributed by atoms with E-state index in [0.717, 1.165) is 23.3 Å². The van der Waals surface area contributed by atoms with Gasteiger partial charge in [0.1, 0.15) is 0 Å². The highest BCUT2D eigenvalue weighted by Crippen LogP contribution is 2.13. The zero-order valence-electron chi connectivity index (χ0n) is 9.40. The molecule has 2 nitrogen and oxygen atoms in total. The molecular formula is C12H19NOS. The van der Waals surface area contributed by atoms with Crippen molar-refractivity contribution < 1.29 is 4.21 Å². The number of aryl methyl sites for hydroxylation is 1. The van der Waals surface area contributed by atoms with Crippen molar-refractivity contribution in [2.45, 2.75) is 37.6 Å². The third kappa shape index (κ3) is 4.14. The molecule has 0 heterocycles. The Bertz CT molecular complexity index is 336. The summed E-state index contributed by atoms with van der Waals surface area (Å²) in [5.74, 6) is 0.715. The van der Waals surface area contributed by atoms with Crippen LogP contribution in [0.5, 0.6) is 0 Å². The monoisotopic (exact) mass is 225 g/mol. The molecule has 1 aromatic rings. The van der Waals surface area contributed by atoms with Crippen LogP contribution in [0.25, 0.3) is 0 Å². The van der Waals surface area contributed by atoms with Crippen LogP contribution >= 0.6 is 0 Å². The molecule has 0 saturated carbocycles. The predicted molar refractivity (Wildman–Crippen MR) is 65.3 cm³/mol. The van der Waals surface area contributed by atoms with Gasteiger partial charge in [0.15, 0.2) is 0 Å². The highest BCUT2D eigenvalue weighted by atomic mass is 32.2. The van der Waals surface area contributed by atoms with Crippen LogP contribution < -0.4 is 5.73 Å². The van der Waals surface area contributed by atoms with Gasteiger partial charge in [0, 0.05) is 16.7 Å². The second-order valence-corrected chi connectivity index (χ2v) is 5.47. The van der Waals surface area contributed by atoms with Crippen LogP contribution in [0.1, 0.15) is 25.3 Å². The Kier molecular flexibility index (Phi) is 4.99. The minimum atomic E-state index is -0.867. The number of hydrogen-bond acceptors (Lipinski definition) is 2. The van der Waals surface area contributed by atoms with Gasteiger partial charge in [-0.3, -0.25) is 4.21 Å². The molecule has 15 heavy (non-hydrogen) atoms. The minimum Gasteiger partial charge on any atom is -0.328 e. The zero-order chi connectivity index (χ0) is 11.3. The van der Waals surface area contributed by atoms with Crippen molar-refractivity contribution in [2.75, 3.05) is 5.75 Å². The molecule has 0 aliphatic rings. The van der Waals surface area contributed by atoms with E-state index in [1.165, 1.54) is 0 Å². The van der Waals surface area contributed by atoms with E-state index in [2.05, 4.69) is 0 Å². The zero-order valence-corrected chi connectivity index (χ0v) is 10.2. The molecule has 0 bridgehead atoms. The molecule has 0 saturated heterocycles. The first-order chi connectivity index (χ1) is 7.11. The standard InChI is InChI=1S/C12H19NOS/c1-10-6-3-4-8-12(10)15(14)9-5-7-11(2)13/h3-4,6,8,11H,5,7,9,13H2,1-2H3. The third-order valence-electron chi connectivity index (χ3n) is 2.33. The van der Waals surface area contributed by atoms with E-state index < -0.39 is 10.8 Å². The van der Waals surface area contributed by atoms with Crippen LogP contribution in [0.3, 0.4) is 0 Å². The maximum absolute atomic E-state index is 11.9. The van der Waals surface area contributed by atoms with E-state index in [-0.39, 0.29) is 6.04 Å². The smallest absolute Gasteiger partial charge is 0.0532 e. The van der Waals surface area contributed by atoms with Gasteiger partial charge in [-0.2, -0.15) is 0 Å². The van der Waals surface area contributed by atoms with Crippen molar-refractivity contribution in [3.63, 3.8) is 0 Å². The van der Waals surface area contributed by atoms with Gasteiger partial charge in [-0.15, -0.1) is 0 Å². The van der Waals surface area contributed by atoms with Gasteiger partial charge in [-0.25, -0.2) is 0 Å². The van der Waals surface area contributed by atoms with Crippen molar-refractivity contribution in [1.82, 2.24) is 0 Å². The molecular weight excluding hydrogens is 206 g/mol. The summed E-state index contributed by atoms with van der Waals surface area (Å²) in [6.07, 6.45) is 1.87. The summed E-state index contributed by atoms with van der Waals surface area (Å²) in [6.45, 7) is 3.98. The first-order valence-electron chi connectivity index (χ1n) is 5.31. The highest BCUT2D eigenvalue weighted by molar-refractivity contribution is 7.85. The summed E-state index contributed by atoms with van der Waals surface area (Å²) in [4.78, 5) is 0.960. The third-order valence-corrected chi connectivity index (χ3v) is 3.94. The number of hydrogen-bond donors (Lipinski definition) is 1. The Balaban J connectivity index is 2.51. The molecule has 0 fully saturated rings. The quantitative estimate of drug-likeness (QED) is 0.835. The fourth-order valence-electron chi connectivity index (χ4n) is 1.46. The average Bonchev–Trinajstić information content (AvgIpc) is 2.17. The Labute approximate surface area is 94.3 Å². The molecule has 84 valence electrons. The lowest BCUT2D eigenvalue weighted by atomic mass is 10.2. The van der Waals surface area contributed by atoms with Gasteiger partial charge in [0.05, 0.1) is 10.8 Å². The van der Waals surface area contributed by atoms with E-state index in [1.54, 1.807) is 0 Å². The Morgan fingerprint density at radius 1 is 1.40 bits per heavy atom. The van der Waals surface area contributed by atoms with Gasteiger partial charge in [0.25, 0.3) is 0 Å². The van der Waals surface area contributed by atoms with E-state index in [4.69, 9.17) is 5.73 Å². The maximum Gasteiger partial charge on any atom is 0.0532 e. The first-order valence-corrected chi connectivity index (χ1v) is 6.62. The number of nitrogens with two attached hydrogens (primary N) is 1. The normalized spacial score (nSPS) is 14.9. The van der Waals surface area contributed by atoms with Gasteiger partial charge in [0.2, 0.25) is 0 Å².